The van der Waals surface area contributed by atoms with E-state index in [2.05, 4.69) is 0 Å². The molecule has 0 bridgehead atoms. The van der Waals surface area contributed by atoms with E-state index in [-0.39, 0.29) is 11.1 Å². The molecule has 0 atom stereocenters. The SMILES string of the molecule is O=C1c2ccccc2C(=O)N1CCCC(F)(F)C(F)(F)F. The summed E-state index contributed by atoms with van der Waals surface area (Å²) in [5.41, 5.74) is 0.259. The van der Waals surface area contributed by atoms with Crippen molar-refractivity contribution in [2.24, 2.45) is 0 Å². The minimum Gasteiger partial charge on any atom is -0.274 e. The Morgan fingerprint density at radius 2 is 1.38 bits per heavy atom. The van der Waals surface area contributed by atoms with Crippen LogP contribution in [-0.2, 0) is 0 Å². The van der Waals surface area contributed by atoms with Crippen molar-refractivity contribution in [1.82, 2.24) is 4.90 Å². The summed E-state index contributed by atoms with van der Waals surface area (Å²) in [7, 11) is 0. The molecule has 114 valence electrons. The molecule has 2 rings (SSSR count). The number of carbonyl (C=O) groups excluding carboxylic acids is 2. The van der Waals surface area contributed by atoms with E-state index in [9.17, 15) is 31.5 Å². The third kappa shape index (κ3) is 2.74. The summed E-state index contributed by atoms with van der Waals surface area (Å²) in [5.74, 6) is -6.18. The van der Waals surface area contributed by atoms with Crippen LogP contribution in [0.25, 0.3) is 0 Å². The molecule has 8 heteroatoms. The Morgan fingerprint density at radius 3 is 1.81 bits per heavy atom. The van der Waals surface area contributed by atoms with E-state index in [1.165, 1.54) is 24.3 Å². The van der Waals surface area contributed by atoms with E-state index in [1.807, 2.05) is 0 Å². The lowest BCUT2D eigenvalue weighted by molar-refractivity contribution is -0.284. The highest BCUT2D eigenvalue weighted by Crippen LogP contribution is 2.39. The standard InChI is InChI=1S/C13H10F5NO2/c14-12(15,13(16,17)18)6-3-7-19-10(20)8-4-1-2-5-9(8)11(19)21/h1-2,4-5H,3,6-7H2. The molecule has 1 aliphatic rings. The highest BCUT2D eigenvalue weighted by atomic mass is 19.4. The zero-order valence-electron chi connectivity index (χ0n) is 10.6. The number of amides is 2. The Labute approximate surface area is 116 Å². The van der Waals surface area contributed by atoms with Crippen molar-refractivity contribution in [2.45, 2.75) is 24.9 Å². The van der Waals surface area contributed by atoms with E-state index in [0.717, 1.165) is 0 Å². The number of rotatable bonds is 4. The fourth-order valence-corrected chi connectivity index (χ4v) is 2.04. The largest absolute Gasteiger partial charge is 0.453 e. The van der Waals surface area contributed by atoms with Gasteiger partial charge in [0.1, 0.15) is 0 Å². The fourth-order valence-electron chi connectivity index (χ4n) is 2.04. The molecule has 1 aromatic carbocycles. The van der Waals surface area contributed by atoms with E-state index >= 15 is 0 Å². The number of hydrogen-bond donors (Lipinski definition) is 0. The zero-order chi connectivity index (χ0) is 15.8. The topological polar surface area (TPSA) is 37.4 Å². The van der Waals surface area contributed by atoms with E-state index < -0.39 is 43.3 Å². The first-order valence-corrected chi connectivity index (χ1v) is 6.05. The molecular weight excluding hydrogens is 297 g/mol. The van der Waals surface area contributed by atoms with Gasteiger partial charge in [-0.3, -0.25) is 14.5 Å². The molecule has 0 aliphatic carbocycles. The molecule has 0 N–H and O–H groups in total. The highest BCUT2D eigenvalue weighted by molar-refractivity contribution is 6.21. The van der Waals surface area contributed by atoms with Crippen LogP contribution in [0.5, 0.6) is 0 Å². The van der Waals surface area contributed by atoms with Crippen molar-refractivity contribution in [3.63, 3.8) is 0 Å². The number of nitrogens with zero attached hydrogens (tertiary/aromatic N) is 1. The van der Waals surface area contributed by atoms with E-state index in [4.69, 9.17) is 0 Å². The van der Waals surface area contributed by atoms with Crippen LogP contribution in [0.4, 0.5) is 22.0 Å². The van der Waals surface area contributed by atoms with Gasteiger partial charge < -0.3 is 0 Å². The second-order valence-corrected chi connectivity index (χ2v) is 4.61. The molecule has 1 heterocycles. The molecule has 0 aromatic heterocycles. The lowest BCUT2D eigenvalue weighted by Gasteiger charge is -2.20. The lowest BCUT2D eigenvalue weighted by Crippen LogP contribution is -2.38. The Bertz CT molecular complexity index is 547. The first kappa shape index (κ1) is 15.4. The maximum Gasteiger partial charge on any atom is 0.453 e. The van der Waals surface area contributed by atoms with Crippen LogP contribution in [0.2, 0.25) is 0 Å². The third-order valence-corrected chi connectivity index (χ3v) is 3.17. The summed E-state index contributed by atoms with van der Waals surface area (Å²) in [4.78, 5) is 24.4. The molecule has 0 fully saturated rings. The summed E-state index contributed by atoms with van der Waals surface area (Å²) in [5, 5.41) is 0. The van der Waals surface area contributed by atoms with Crippen LogP contribution in [0, 0.1) is 0 Å². The van der Waals surface area contributed by atoms with Gasteiger partial charge in [0.15, 0.2) is 0 Å². The highest BCUT2D eigenvalue weighted by Gasteiger charge is 2.56. The molecule has 2 amide bonds. The van der Waals surface area contributed by atoms with Crippen molar-refractivity contribution in [2.75, 3.05) is 6.54 Å². The average molecular weight is 307 g/mol. The maximum atomic E-state index is 12.7. The van der Waals surface area contributed by atoms with Crippen molar-refractivity contribution in [1.29, 1.82) is 0 Å². The fraction of sp³-hybridized carbons (Fsp3) is 0.385. The van der Waals surface area contributed by atoms with Crippen LogP contribution in [0.1, 0.15) is 33.6 Å². The van der Waals surface area contributed by atoms with Crippen molar-refractivity contribution >= 4 is 11.8 Å². The summed E-state index contributed by atoms with van der Waals surface area (Å²) in [6.07, 6.45) is -7.73. The predicted molar refractivity (Wildman–Crippen MR) is 62.0 cm³/mol. The Kier molecular flexibility index (Phi) is 3.73. The molecule has 0 unspecified atom stereocenters. The molecule has 1 aromatic rings. The molecule has 0 radical (unpaired) electrons. The van der Waals surface area contributed by atoms with Gasteiger partial charge in [-0.15, -0.1) is 0 Å². The van der Waals surface area contributed by atoms with Gasteiger partial charge in [0.2, 0.25) is 0 Å². The number of hydrogen-bond acceptors (Lipinski definition) is 2. The van der Waals surface area contributed by atoms with Gasteiger partial charge in [-0.05, 0) is 18.6 Å². The van der Waals surface area contributed by atoms with Crippen LogP contribution in [0.3, 0.4) is 0 Å². The van der Waals surface area contributed by atoms with E-state index in [0.29, 0.717) is 4.90 Å². The summed E-state index contributed by atoms with van der Waals surface area (Å²) >= 11 is 0. The van der Waals surface area contributed by atoms with Crippen LogP contribution in [-0.4, -0.2) is 35.4 Å². The number of fused-ring (bicyclic) bond motifs is 1. The second kappa shape index (κ2) is 5.09. The zero-order valence-corrected chi connectivity index (χ0v) is 10.6. The van der Waals surface area contributed by atoms with Gasteiger partial charge >= 0.3 is 12.1 Å². The van der Waals surface area contributed by atoms with Crippen molar-refractivity contribution < 1.29 is 31.5 Å². The normalized spacial score (nSPS) is 15.6. The van der Waals surface area contributed by atoms with Gasteiger partial charge in [0.25, 0.3) is 11.8 Å². The first-order valence-electron chi connectivity index (χ1n) is 6.05. The molecule has 1 aliphatic heterocycles. The smallest absolute Gasteiger partial charge is 0.274 e. The minimum atomic E-state index is -5.63. The number of imide groups is 1. The van der Waals surface area contributed by atoms with Gasteiger partial charge in [-0.1, -0.05) is 12.1 Å². The minimum absolute atomic E-state index is 0.130. The van der Waals surface area contributed by atoms with Gasteiger partial charge in [-0.2, -0.15) is 22.0 Å². The van der Waals surface area contributed by atoms with Gasteiger partial charge in [0.05, 0.1) is 11.1 Å². The maximum absolute atomic E-state index is 12.7. The van der Waals surface area contributed by atoms with Crippen molar-refractivity contribution in [3.05, 3.63) is 35.4 Å². The first-order chi connectivity index (χ1) is 9.65. The number of alkyl halides is 5. The molecule has 0 spiro atoms. The second-order valence-electron chi connectivity index (χ2n) is 4.61. The third-order valence-electron chi connectivity index (χ3n) is 3.17. The quantitative estimate of drug-likeness (QED) is 0.632. The van der Waals surface area contributed by atoms with Crippen LogP contribution < -0.4 is 0 Å². The van der Waals surface area contributed by atoms with Gasteiger partial charge in [-0.25, -0.2) is 0 Å². The molecule has 0 saturated heterocycles. The monoisotopic (exact) mass is 307 g/mol. The van der Waals surface area contributed by atoms with Gasteiger partial charge in [0, 0.05) is 13.0 Å². The molecule has 3 nitrogen and oxygen atoms in total. The Hall–Kier alpha value is -1.99. The van der Waals surface area contributed by atoms with Crippen LogP contribution >= 0.6 is 0 Å². The molecule has 21 heavy (non-hydrogen) atoms. The molecule has 0 saturated carbocycles. The predicted octanol–water partition coefficient (Wildman–Crippen LogP) is 3.26. The summed E-state index contributed by atoms with van der Waals surface area (Å²) in [6, 6.07) is 5.87. The molecular formula is C13H10F5NO2. The number of halogens is 5. The Balaban J connectivity index is 2.01. The lowest BCUT2D eigenvalue weighted by atomic mass is 10.1. The number of carbonyl (C=O) groups is 2. The number of benzene rings is 1. The Morgan fingerprint density at radius 1 is 0.905 bits per heavy atom. The van der Waals surface area contributed by atoms with E-state index in [1.54, 1.807) is 0 Å². The average Bonchev–Trinajstić information content (AvgIpc) is 2.63. The summed E-state index contributed by atoms with van der Waals surface area (Å²) in [6.45, 7) is -0.474. The summed E-state index contributed by atoms with van der Waals surface area (Å²) < 4.78 is 61.5. The van der Waals surface area contributed by atoms with Crippen molar-refractivity contribution in [3.8, 4) is 0 Å². The van der Waals surface area contributed by atoms with Crippen LogP contribution in [0.15, 0.2) is 24.3 Å².